The van der Waals surface area contributed by atoms with Crippen molar-refractivity contribution in [3.8, 4) is 5.75 Å². The van der Waals surface area contributed by atoms with Gasteiger partial charge in [-0.25, -0.2) is 0 Å². The Labute approximate surface area is 149 Å². The molecule has 24 heavy (non-hydrogen) atoms. The van der Waals surface area contributed by atoms with Gasteiger partial charge in [-0.2, -0.15) is 0 Å². The summed E-state index contributed by atoms with van der Waals surface area (Å²) in [7, 11) is 0. The Balaban J connectivity index is 0.00000208. The van der Waals surface area contributed by atoms with Crippen LogP contribution in [0.4, 0.5) is 0 Å². The van der Waals surface area contributed by atoms with Crippen LogP contribution in [-0.4, -0.2) is 29.9 Å². The van der Waals surface area contributed by atoms with Crippen molar-refractivity contribution in [2.45, 2.75) is 25.5 Å². The van der Waals surface area contributed by atoms with Crippen LogP contribution in [0.15, 0.2) is 54.6 Å². The average Bonchev–Trinajstić information content (AvgIpc) is 2.61. The summed E-state index contributed by atoms with van der Waals surface area (Å²) in [5.74, 6) is 0.815. The summed E-state index contributed by atoms with van der Waals surface area (Å²) in [6.07, 6.45) is 1.97. The van der Waals surface area contributed by atoms with E-state index in [0.29, 0.717) is 18.7 Å². The SMILES string of the molecule is Cl.NC1CCCN(C(=O)c2ccc(OCc3ccccc3)cc2)C1. The number of nitrogens with zero attached hydrogens (tertiary/aromatic N) is 1. The zero-order valence-electron chi connectivity index (χ0n) is 13.6. The van der Waals surface area contributed by atoms with Gasteiger partial charge in [-0.3, -0.25) is 4.79 Å². The summed E-state index contributed by atoms with van der Waals surface area (Å²) in [5.41, 5.74) is 7.75. The molecule has 1 aliphatic rings. The van der Waals surface area contributed by atoms with Gasteiger partial charge in [-0.15, -0.1) is 12.4 Å². The molecule has 1 amide bonds. The molecule has 0 saturated carbocycles. The lowest BCUT2D eigenvalue weighted by molar-refractivity contribution is 0.0709. The lowest BCUT2D eigenvalue weighted by Crippen LogP contribution is -2.45. The molecule has 3 rings (SSSR count). The van der Waals surface area contributed by atoms with Gasteiger partial charge in [0.1, 0.15) is 12.4 Å². The molecule has 0 radical (unpaired) electrons. The monoisotopic (exact) mass is 346 g/mol. The minimum atomic E-state index is 0. The maximum absolute atomic E-state index is 12.5. The van der Waals surface area contributed by atoms with Crippen LogP contribution in [-0.2, 0) is 6.61 Å². The molecule has 2 N–H and O–H groups in total. The zero-order valence-corrected chi connectivity index (χ0v) is 14.4. The second-order valence-corrected chi connectivity index (χ2v) is 5.95. The van der Waals surface area contributed by atoms with Crippen LogP contribution in [0.3, 0.4) is 0 Å². The molecule has 1 fully saturated rings. The number of nitrogens with two attached hydrogens (primary N) is 1. The highest BCUT2D eigenvalue weighted by molar-refractivity contribution is 5.94. The van der Waals surface area contributed by atoms with Gasteiger partial charge in [0.05, 0.1) is 0 Å². The number of ether oxygens (including phenoxy) is 1. The molecular weight excluding hydrogens is 324 g/mol. The normalized spacial score (nSPS) is 17.0. The van der Waals surface area contributed by atoms with E-state index in [9.17, 15) is 4.79 Å². The van der Waals surface area contributed by atoms with Crippen LogP contribution in [0.5, 0.6) is 5.75 Å². The fourth-order valence-corrected chi connectivity index (χ4v) is 2.81. The molecule has 1 heterocycles. The third-order valence-corrected chi connectivity index (χ3v) is 4.09. The Morgan fingerprint density at radius 2 is 1.83 bits per heavy atom. The summed E-state index contributed by atoms with van der Waals surface area (Å²) < 4.78 is 5.74. The van der Waals surface area contributed by atoms with Crippen LogP contribution in [0.25, 0.3) is 0 Å². The van der Waals surface area contributed by atoms with Crippen molar-refractivity contribution in [3.63, 3.8) is 0 Å². The summed E-state index contributed by atoms with van der Waals surface area (Å²) in [4.78, 5) is 14.3. The third kappa shape index (κ3) is 4.73. The number of benzene rings is 2. The molecule has 128 valence electrons. The van der Waals surface area contributed by atoms with Gasteiger partial charge in [0.2, 0.25) is 0 Å². The first kappa shape index (κ1) is 18.3. The number of amides is 1. The number of piperidine rings is 1. The van der Waals surface area contributed by atoms with E-state index in [-0.39, 0.29) is 24.4 Å². The topological polar surface area (TPSA) is 55.6 Å². The van der Waals surface area contributed by atoms with E-state index in [1.54, 1.807) is 0 Å². The minimum Gasteiger partial charge on any atom is -0.489 e. The number of likely N-dealkylation sites (tertiary alicyclic amines) is 1. The number of carbonyl (C=O) groups excluding carboxylic acids is 1. The fraction of sp³-hybridized carbons (Fsp3) is 0.316. The largest absolute Gasteiger partial charge is 0.489 e. The number of hydrogen-bond donors (Lipinski definition) is 1. The molecule has 2 aromatic rings. The predicted molar refractivity (Wildman–Crippen MR) is 97.6 cm³/mol. The van der Waals surface area contributed by atoms with E-state index in [0.717, 1.165) is 30.7 Å². The molecule has 2 aromatic carbocycles. The summed E-state index contributed by atoms with van der Waals surface area (Å²) in [6.45, 7) is 1.96. The highest BCUT2D eigenvalue weighted by Crippen LogP contribution is 2.17. The molecule has 1 aliphatic heterocycles. The van der Waals surface area contributed by atoms with Gasteiger partial charge in [-0.1, -0.05) is 30.3 Å². The van der Waals surface area contributed by atoms with E-state index in [4.69, 9.17) is 10.5 Å². The van der Waals surface area contributed by atoms with Crippen LogP contribution in [0, 0.1) is 0 Å². The molecule has 1 saturated heterocycles. The van der Waals surface area contributed by atoms with E-state index >= 15 is 0 Å². The Morgan fingerprint density at radius 1 is 1.12 bits per heavy atom. The van der Waals surface area contributed by atoms with Crippen molar-refractivity contribution in [2.24, 2.45) is 5.73 Å². The summed E-state index contributed by atoms with van der Waals surface area (Å²) in [6, 6.07) is 17.5. The minimum absolute atomic E-state index is 0. The van der Waals surface area contributed by atoms with Crippen LogP contribution < -0.4 is 10.5 Å². The quantitative estimate of drug-likeness (QED) is 0.924. The maximum atomic E-state index is 12.5. The van der Waals surface area contributed by atoms with Gasteiger partial charge in [0, 0.05) is 24.7 Å². The number of carbonyl (C=O) groups is 1. The molecule has 0 spiro atoms. The predicted octanol–water partition coefficient (Wildman–Crippen LogP) is 3.25. The highest BCUT2D eigenvalue weighted by atomic mass is 35.5. The molecule has 1 unspecified atom stereocenters. The molecule has 5 heteroatoms. The number of rotatable bonds is 4. The first-order chi connectivity index (χ1) is 11.2. The maximum Gasteiger partial charge on any atom is 0.253 e. The molecule has 0 aliphatic carbocycles. The van der Waals surface area contributed by atoms with Crippen molar-refractivity contribution < 1.29 is 9.53 Å². The average molecular weight is 347 g/mol. The van der Waals surface area contributed by atoms with E-state index in [1.807, 2.05) is 59.5 Å². The number of halogens is 1. The summed E-state index contributed by atoms with van der Waals surface area (Å²) >= 11 is 0. The van der Waals surface area contributed by atoms with Crippen LogP contribution in [0.1, 0.15) is 28.8 Å². The van der Waals surface area contributed by atoms with Gasteiger partial charge >= 0.3 is 0 Å². The van der Waals surface area contributed by atoms with E-state index in [2.05, 4.69) is 0 Å². The van der Waals surface area contributed by atoms with Gasteiger partial charge in [0.15, 0.2) is 0 Å². The Morgan fingerprint density at radius 3 is 2.50 bits per heavy atom. The Bertz CT molecular complexity index is 646. The third-order valence-electron chi connectivity index (χ3n) is 4.09. The van der Waals surface area contributed by atoms with Gasteiger partial charge < -0.3 is 15.4 Å². The molecular formula is C19H23ClN2O2. The standard InChI is InChI=1S/C19H22N2O2.ClH/c20-17-7-4-12-21(13-17)19(22)16-8-10-18(11-9-16)23-14-15-5-2-1-3-6-15;/h1-3,5-6,8-11,17H,4,7,12-14,20H2;1H. The second-order valence-electron chi connectivity index (χ2n) is 5.95. The molecule has 1 atom stereocenters. The molecule has 0 aromatic heterocycles. The first-order valence-corrected chi connectivity index (χ1v) is 8.04. The molecule has 4 nitrogen and oxygen atoms in total. The van der Waals surface area contributed by atoms with Crippen molar-refractivity contribution in [1.82, 2.24) is 4.90 Å². The lowest BCUT2D eigenvalue weighted by Gasteiger charge is -2.30. The first-order valence-electron chi connectivity index (χ1n) is 8.04. The van der Waals surface area contributed by atoms with E-state index < -0.39 is 0 Å². The molecule has 0 bridgehead atoms. The zero-order chi connectivity index (χ0) is 16.1. The van der Waals surface area contributed by atoms with E-state index in [1.165, 1.54) is 0 Å². The van der Waals surface area contributed by atoms with Crippen molar-refractivity contribution >= 4 is 18.3 Å². The summed E-state index contributed by atoms with van der Waals surface area (Å²) in [5, 5.41) is 0. The Hall–Kier alpha value is -2.04. The van der Waals surface area contributed by atoms with Crippen molar-refractivity contribution in [1.29, 1.82) is 0 Å². The van der Waals surface area contributed by atoms with Crippen LogP contribution >= 0.6 is 12.4 Å². The lowest BCUT2D eigenvalue weighted by atomic mass is 10.1. The van der Waals surface area contributed by atoms with Crippen molar-refractivity contribution in [2.75, 3.05) is 13.1 Å². The van der Waals surface area contributed by atoms with Crippen molar-refractivity contribution in [3.05, 3.63) is 65.7 Å². The Kier molecular flexibility index (Phi) is 6.64. The number of hydrogen-bond acceptors (Lipinski definition) is 3. The smallest absolute Gasteiger partial charge is 0.253 e. The highest BCUT2D eigenvalue weighted by Gasteiger charge is 2.22. The van der Waals surface area contributed by atoms with Crippen LogP contribution in [0.2, 0.25) is 0 Å². The van der Waals surface area contributed by atoms with Gasteiger partial charge in [-0.05, 0) is 42.7 Å². The van der Waals surface area contributed by atoms with Gasteiger partial charge in [0.25, 0.3) is 5.91 Å². The fourth-order valence-electron chi connectivity index (χ4n) is 2.81. The second kappa shape index (κ2) is 8.71.